The van der Waals surface area contributed by atoms with Gasteiger partial charge < -0.3 is 4.84 Å². The van der Waals surface area contributed by atoms with Crippen LogP contribution in [0.5, 0.6) is 0 Å². The Hall–Kier alpha value is -0.850. The lowest BCUT2D eigenvalue weighted by Gasteiger charge is -1.90. The molecule has 0 amide bonds. The molecule has 13 heavy (non-hydrogen) atoms. The molecule has 0 saturated carbocycles. The minimum Gasteiger partial charge on any atom is -0.392 e. The normalized spacial score (nSPS) is 10.6. The summed E-state index contributed by atoms with van der Waals surface area (Å²) < 4.78 is 2.78. The topological polar surface area (TPSA) is 39.4 Å². The Morgan fingerprint density at radius 1 is 1.85 bits per heavy atom. The molecule has 1 aromatic rings. The van der Waals surface area contributed by atoms with E-state index in [4.69, 9.17) is 4.84 Å². The van der Waals surface area contributed by atoms with E-state index in [1.165, 1.54) is 0 Å². The van der Waals surface area contributed by atoms with Gasteiger partial charge in [0.05, 0.1) is 9.78 Å². The van der Waals surface area contributed by atoms with Gasteiger partial charge in [0.2, 0.25) is 0 Å². The molecule has 0 fully saturated rings. The molecule has 0 unspecified atom stereocenters. The van der Waals surface area contributed by atoms with Gasteiger partial charge in [-0.1, -0.05) is 17.8 Å². The first-order valence-electron chi connectivity index (χ1n) is 3.69. The average Bonchev–Trinajstić information content (AvgIpc) is 2.39. The molecule has 0 spiro atoms. The number of oxime groups is 1. The summed E-state index contributed by atoms with van der Waals surface area (Å²) in [5.41, 5.74) is 0.812. The molecule has 0 bridgehead atoms. The van der Waals surface area contributed by atoms with Crippen molar-refractivity contribution in [2.45, 2.75) is 0 Å². The molecule has 4 nitrogen and oxygen atoms in total. The highest BCUT2D eigenvalue weighted by atomic mass is 127. The Labute approximate surface area is 90.4 Å². The molecule has 0 aliphatic carbocycles. The minimum absolute atomic E-state index is 0.417. The van der Waals surface area contributed by atoms with E-state index in [1.54, 1.807) is 17.0 Å². The van der Waals surface area contributed by atoms with E-state index in [2.05, 4.69) is 39.4 Å². The number of halogens is 1. The lowest BCUT2D eigenvalue weighted by molar-refractivity contribution is 0.176. The van der Waals surface area contributed by atoms with Crippen LogP contribution in [0.15, 0.2) is 24.0 Å². The number of nitrogens with zero attached hydrogens (tertiary/aromatic N) is 3. The molecule has 70 valence electrons. The summed E-state index contributed by atoms with van der Waals surface area (Å²) in [6.45, 7) is 3.92. The SMILES string of the molecule is C=CCO/N=C/c1nn(C)cc1I. The zero-order valence-electron chi connectivity index (χ0n) is 7.27. The van der Waals surface area contributed by atoms with Crippen molar-refractivity contribution in [3.8, 4) is 0 Å². The van der Waals surface area contributed by atoms with Crippen molar-refractivity contribution in [3.63, 3.8) is 0 Å². The molecule has 0 aliphatic heterocycles. The maximum Gasteiger partial charge on any atom is 0.135 e. The third kappa shape index (κ3) is 3.17. The third-order valence-electron chi connectivity index (χ3n) is 1.25. The van der Waals surface area contributed by atoms with Crippen molar-refractivity contribution >= 4 is 28.8 Å². The fourth-order valence-corrected chi connectivity index (χ4v) is 1.40. The quantitative estimate of drug-likeness (QED) is 0.278. The van der Waals surface area contributed by atoms with Gasteiger partial charge in [-0.05, 0) is 22.6 Å². The number of hydrogen-bond donors (Lipinski definition) is 0. The molecule has 0 N–H and O–H groups in total. The van der Waals surface area contributed by atoms with E-state index in [1.807, 2.05) is 13.2 Å². The van der Waals surface area contributed by atoms with Crippen molar-refractivity contribution in [2.75, 3.05) is 6.61 Å². The largest absolute Gasteiger partial charge is 0.392 e. The number of aryl methyl sites for hydroxylation is 1. The van der Waals surface area contributed by atoms with Gasteiger partial charge in [0.25, 0.3) is 0 Å². The van der Waals surface area contributed by atoms with Crippen LogP contribution in [-0.4, -0.2) is 22.6 Å². The first kappa shape index (κ1) is 10.2. The van der Waals surface area contributed by atoms with Gasteiger partial charge in [0.1, 0.15) is 12.3 Å². The minimum atomic E-state index is 0.417. The molecule has 1 aromatic heterocycles. The second-order valence-electron chi connectivity index (χ2n) is 2.35. The van der Waals surface area contributed by atoms with E-state index >= 15 is 0 Å². The van der Waals surface area contributed by atoms with Crippen LogP contribution in [0.4, 0.5) is 0 Å². The van der Waals surface area contributed by atoms with Crippen molar-refractivity contribution < 1.29 is 4.84 Å². The van der Waals surface area contributed by atoms with Crippen molar-refractivity contribution in [1.29, 1.82) is 0 Å². The van der Waals surface area contributed by atoms with Crippen molar-refractivity contribution in [2.24, 2.45) is 12.2 Å². The first-order valence-corrected chi connectivity index (χ1v) is 4.77. The van der Waals surface area contributed by atoms with Gasteiger partial charge in [-0.3, -0.25) is 4.68 Å². The smallest absolute Gasteiger partial charge is 0.135 e. The second kappa shape index (κ2) is 5.00. The summed E-state index contributed by atoms with van der Waals surface area (Å²) in [6.07, 6.45) is 5.14. The predicted molar refractivity (Wildman–Crippen MR) is 59.7 cm³/mol. The summed E-state index contributed by atoms with van der Waals surface area (Å²) in [7, 11) is 1.87. The van der Waals surface area contributed by atoms with Crippen molar-refractivity contribution in [3.05, 3.63) is 28.1 Å². The van der Waals surface area contributed by atoms with Gasteiger partial charge in [0, 0.05) is 13.2 Å². The van der Waals surface area contributed by atoms with Gasteiger partial charge >= 0.3 is 0 Å². The summed E-state index contributed by atoms with van der Waals surface area (Å²) in [6, 6.07) is 0. The second-order valence-corrected chi connectivity index (χ2v) is 3.52. The molecule has 0 atom stereocenters. The van der Waals surface area contributed by atoms with Crippen molar-refractivity contribution in [1.82, 2.24) is 9.78 Å². The summed E-state index contributed by atoms with van der Waals surface area (Å²) in [5.74, 6) is 0. The van der Waals surface area contributed by atoms with Crippen LogP contribution >= 0.6 is 22.6 Å². The van der Waals surface area contributed by atoms with E-state index in [0.29, 0.717) is 6.61 Å². The summed E-state index contributed by atoms with van der Waals surface area (Å²) in [5, 5.41) is 7.89. The fourth-order valence-electron chi connectivity index (χ4n) is 0.747. The van der Waals surface area contributed by atoms with E-state index in [9.17, 15) is 0 Å². The zero-order chi connectivity index (χ0) is 9.68. The highest BCUT2D eigenvalue weighted by Crippen LogP contribution is 2.06. The fraction of sp³-hybridized carbons (Fsp3) is 0.250. The van der Waals surface area contributed by atoms with Gasteiger partial charge in [-0.15, -0.1) is 0 Å². The van der Waals surface area contributed by atoms with E-state index in [0.717, 1.165) is 9.26 Å². The standard InChI is InChI=1S/C8H10IN3O/c1-3-4-13-10-5-8-7(9)6-12(2)11-8/h3,5-6H,1,4H2,2H3/b10-5+. The Kier molecular flexibility index (Phi) is 3.94. The lowest BCUT2D eigenvalue weighted by Crippen LogP contribution is -1.91. The van der Waals surface area contributed by atoms with Crippen LogP contribution in [0.25, 0.3) is 0 Å². The highest BCUT2D eigenvalue weighted by molar-refractivity contribution is 14.1. The monoisotopic (exact) mass is 291 g/mol. The average molecular weight is 291 g/mol. The number of rotatable bonds is 4. The summed E-state index contributed by atoms with van der Waals surface area (Å²) >= 11 is 2.19. The Morgan fingerprint density at radius 3 is 3.15 bits per heavy atom. The van der Waals surface area contributed by atoms with Gasteiger partial charge in [0.15, 0.2) is 0 Å². The van der Waals surface area contributed by atoms with Crippen LogP contribution in [0.1, 0.15) is 5.69 Å². The number of hydrogen-bond acceptors (Lipinski definition) is 3. The van der Waals surface area contributed by atoms with Gasteiger partial charge in [-0.25, -0.2) is 0 Å². The molecule has 0 radical (unpaired) electrons. The maximum atomic E-state index is 4.85. The Bertz CT molecular complexity index is 319. The lowest BCUT2D eigenvalue weighted by atomic mass is 10.5. The van der Waals surface area contributed by atoms with Crippen LogP contribution in [-0.2, 0) is 11.9 Å². The highest BCUT2D eigenvalue weighted by Gasteiger charge is 2.00. The molecule has 1 heterocycles. The third-order valence-corrected chi connectivity index (χ3v) is 2.08. The van der Waals surface area contributed by atoms with Crippen LogP contribution in [0.3, 0.4) is 0 Å². The molecular formula is C8H10IN3O. The predicted octanol–water partition coefficient (Wildman–Crippen LogP) is 1.56. The first-order chi connectivity index (χ1) is 6.24. The van der Waals surface area contributed by atoms with E-state index in [-0.39, 0.29) is 0 Å². The Balaban J connectivity index is 2.57. The maximum absolute atomic E-state index is 4.85. The summed E-state index contributed by atoms with van der Waals surface area (Å²) in [4.78, 5) is 4.85. The zero-order valence-corrected chi connectivity index (χ0v) is 9.43. The van der Waals surface area contributed by atoms with Crippen LogP contribution < -0.4 is 0 Å². The van der Waals surface area contributed by atoms with Crippen LogP contribution in [0, 0.1) is 3.57 Å². The molecule has 0 aliphatic rings. The molecule has 0 saturated heterocycles. The van der Waals surface area contributed by atoms with Crippen LogP contribution in [0.2, 0.25) is 0 Å². The molecule has 0 aromatic carbocycles. The Morgan fingerprint density at radius 2 is 2.62 bits per heavy atom. The number of aromatic nitrogens is 2. The molecule has 1 rings (SSSR count). The van der Waals surface area contributed by atoms with Gasteiger partial charge in [-0.2, -0.15) is 5.10 Å². The molecule has 5 heteroatoms. The molecular weight excluding hydrogens is 281 g/mol. The van der Waals surface area contributed by atoms with E-state index < -0.39 is 0 Å².